The summed E-state index contributed by atoms with van der Waals surface area (Å²) in [7, 11) is 0. The number of para-hydroxylation sites is 1. The van der Waals surface area contributed by atoms with Crippen LogP contribution in [0.2, 0.25) is 0 Å². The van der Waals surface area contributed by atoms with Crippen molar-refractivity contribution in [2.24, 2.45) is 17.8 Å². The van der Waals surface area contributed by atoms with Crippen LogP contribution in [0.25, 0.3) is 0 Å². The van der Waals surface area contributed by atoms with E-state index in [0.29, 0.717) is 12.5 Å². The van der Waals surface area contributed by atoms with E-state index in [1.165, 1.54) is 25.7 Å². The Labute approximate surface area is 155 Å². The molecule has 0 saturated heterocycles. The minimum atomic E-state index is 0.0209. The van der Waals surface area contributed by atoms with E-state index in [0.717, 1.165) is 28.7 Å². The lowest BCUT2D eigenvalue weighted by Crippen LogP contribution is -2.40. The quantitative estimate of drug-likeness (QED) is 0.812. The molecule has 3 heteroatoms. The Morgan fingerprint density at radius 3 is 2.58 bits per heavy atom. The molecular weight excluding hydrogens is 322 g/mol. The Balaban J connectivity index is 1.41. The highest BCUT2D eigenvalue weighted by atomic mass is 16.5. The number of benzene rings is 2. The molecule has 4 rings (SSSR count). The first-order chi connectivity index (χ1) is 12.7. The van der Waals surface area contributed by atoms with Gasteiger partial charge in [0.15, 0.2) is 0 Å². The van der Waals surface area contributed by atoms with Crippen molar-refractivity contribution in [3.63, 3.8) is 0 Å². The second-order valence-electron chi connectivity index (χ2n) is 7.86. The number of hydrogen-bond donors (Lipinski definition) is 1. The number of rotatable bonds is 6. The molecule has 1 N–H and O–H groups in total. The van der Waals surface area contributed by atoms with Crippen LogP contribution in [0.15, 0.2) is 54.6 Å². The first-order valence-corrected chi connectivity index (χ1v) is 9.77. The van der Waals surface area contributed by atoms with Crippen molar-refractivity contribution in [3.8, 4) is 5.75 Å². The number of carbonyl (C=O) groups excluding carboxylic acids is 1. The number of amides is 1. The van der Waals surface area contributed by atoms with Crippen molar-refractivity contribution in [1.82, 2.24) is 5.32 Å². The molecule has 4 unspecified atom stereocenters. The molecule has 2 aromatic carbocycles. The van der Waals surface area contributed by atoms with E-state index >= 15 is 0 Å². The van der Waals surface area contributed by atoms with Crippen molar-refractivity contribution >= 4 is 5.91 Å². The van der Waals surface area contributed by atoms with Crippen LogP contribution < -0.4 is 10.1 Å². The van der Waals surface area contributed by atoms with Crippen LogP contribution in [0.5, 0.6) is 5.75 Å². The lowest BCUT2D eigenvalue weighted by Gasteiger charge is -2.28. The molecule has 26 heavy (non-hydrogen) atoms. The molecule has 0 heterocycles. The molecule has 0 aliphatic heterocycles. The Morgan fingerprint density at radius 2 is 1.85 bits per heavy atom. The van der Waals surface area contributed by atoms with Gasteiger partial charge < -0.3 is 10.1 Å². The van der Waals surface area contributed by atoms with Gasteiger partial charge in [-0.15, -0.1) is 0 Å². The third-order valence-corrected chi connectivity index (χ3v) is 6.19. The minimum Gasteiger partial charge on any atom is -0.489 e. The molecule has 0 aromatic heterocycles. The van der Waals surface area contributed by atoms with Gasteiger partial charge in [-0.1, -0.05) is 42.8 Å². The van der Waals surface area contributed by atoms with E-state index in [4.69, 9.17) is 4.74 Å². The van der Waals surface area contributed by atoms with Crippen LogP contribution in [-0.4, -0.2) is 11.9 Å². The summed E-state index contributed by atoms with van der Waals surface area (Å²) in [5.74, 6) is 3.19. The zero-order valence-corrected chi connectivity index (χ0v) is 15.4. The lowest BCUT2D eigenvalue weighted by atomic mass is 9.84. The van der Waals surface area contributed by atoms with E-state index in [-0.39, 0.29) is 11.9 Å². The summed E-state index contributed by atoms with van der Waals surface area (Å²) in [6.45, 7) is 2.57. The molecule has 3 nitrogen and oxygen atoms in total. The lowest BCUT2D eigenvalue weighted by molar-refractivity contribution is 0.0912. The van der Waals surface area contributed by atoms with Crippen molar-refractivity contribution in [2.75, 3.05) is 0 Å². The first-order valence-electron chi connectivity index (χ1n) is 9.77. The highest BCUT2D eigenvalue weighted by molar-refractivity contribution is 5.95. The van der Waals surface area contributed by atoms with Gasteiger partial charge in [0.1, 0.15) is 12.4 Å². The Morgan fingerprint density at radius 1 is 1.08 bits per heavy atom. The number of nitrogens with one attached hydrogen (secondary N) is 1. The predicted molar refractivity (Wildman–Crippen MR) is 103 cm³/mol. The SMILES string of the molecule is CC(NC(=O)c1ccccc1COc1ccccc1)C1CC2CCC1C2. The van der Waals surface area contributed by atoms with Gasteiger partial charge in [0.2, 0.25) is 0 Å². The summed E-state index contributed by atoms with van der Waals surface area (Å²) in [6, 6.07) is 17.7. The van der Waals surface area contributed by atoms with Crippen LogP contribution in [0.3, 0.4) is 0 Å². The summed E-state index contributed by atoms with van der Waals surface area (Å²) in [5, 5.41) is 3.27. The second kappa shape index (κ2) is 7.53. The summed E-state index contributed by atoms with van der Waals surface area (Å²) in [5.41, 5.74) is 1.65. The fourth-order valence-electron chi connectivity index (χ4n) is 4.84. The zero-order valence-electron chi connectivity index (χ0n) is 15.4. The molecule has 136 valence electrons. The molecule has 0 spiro atoms. The van der Waals surface area contributed by atoms with Gasteiger partial charge in [-0.3, -0.25) is 4.79 Å². The number of hydrogen-bond acceptors (Lipinski definition) is 2. The highest BCUT2D eigenvalue weighted by Gasteiger charge is 2.42. The van der Waals surface area contributed by atoms with Crippen molar-refractivity contribution in [1.29, 1.82) is 0 Å². The van der Waals surface area contributed by atoms with Crippen molar-refractivity contribution in [3.05, 3.63) is 65.7 Å². The van der Waals surface area contributed by atoms with Crippen LogP contribution >= 0.6 is 0 Å². The minimum absolute atomic E-state index is 0.0209. The van der Waals surface area contributed by atoms with Crippen molar-refractivity contribution < 1.29 is 9.53 Å². The largest absolute Gasteiger partial charge is 0.489 e. The van der Waals surface area contributed by atoms with Gasteiger partial charge >= 0.3 is 0 Å². The smallest absolute Gasteiger partial charge is 0.251 e. The highest BCUT2D eigenvalue weighted by Crippen LogP contribution is 2.49. The Bertz CT molecular complexity index is 758. The van der Waals surface area contributed by atoms with Crippen LogP contribution in [0.4, 0.5) is 0 Å². The van der Waals surface area contributed by atoms with Crippen LogP contribution in [-0.2, 0) is 6.61 Å². The topological polar surface area (TPSA) is 38.3 Å². The molecular formula is C23H27NO2. The molecule has 2 saturated carbocycles. The van der Waals surface area contributed by atoms with Gasteiger partial charge in [0.05, 0.1) is 0 Å². The number of ether oxygens (including phenoxy) is 1. The third kappa shape index (κ3) is 3.62. The van der Waals surface area contributed by atoms with E-state index < -0.39 is 0 Å². The second-order valence-corrected chi connectivity index (χ2v) is 7.86. The van der Waals surface area contributed by atoms with Gasteiger partial charge in [-0.05, 0) is 62.1 Å². The normalized spacial score (nSPS) is 25.0. The summed E-state index contributed by atoms with van der Waals surface area (Å²) in [4.78, 5) is 12.9. The van der Waals surface area contributed by atoms with E-state index in [2.05, 4.69) is 12.2 Å². The number of carbonyl (C=O) groups is 1. The first kappa shape index (κ1) is 17.1. The average Bonchev–Trinajstić information content (AvgIpc) is 3.31. The van der Waals surface area contributed by atoms with E-state index in [9.17, 15) is 4.79 Å². The molecule has 0 radical (unpaired) electrons. The molecule has 1 amide bonds. The van der Waals surface area contributed by atoms with Gasteiger partial charge in [-0.25, -0.2) is 0 Å². The fourth-order valence-corrected chi connectivity index (χ4v) is 4.84. The van der Waals surface area contributed by atoms with Gasteiger partial charge in [0, 0.05) is 17.2 Å². The van der Waals surface area contributed by atoms with Gasteiger partial charge in [0.25, 0.3) is 5.91 Å². The maximum Gasteiger partial charge on any atom is 0.251 e. The average molecular weight is 349 g/mol. The predicted octanol–water partition coefficient (Wildman–Crippen LogP) is 4.82. The number of fused-ring (bicyclic) bond motifs is 2. The Kier molecular flexibility index (Phi) is 4.96. The van der Waals surface area contributed by atoms with Gasteiger partial charge in [-0.2, -0.15) is 0 Å². The zero-order chi connectivity index (χ0) is 17.9. The van der Waals surface area contributed by atoms with E-state index in [1.807, 2.05) is 54.6 Å². The molecule has 4 atom stereocenters. The molecule has 2 aliphatic carbocycles. The van der Waals surface area contributed by atoms with E-state index in [1.54, 1.807) is 0 Å². The maximum absolute atomic E-state index is 12.9. The molecule has 2 aliphatic rings. The third-order valence-electron chi connectivity index (χ3n) is 6.19. The Hall–Kier alpha value is -2.29. The molecule has 2 bridgehead atoms. The van der Waals surface area contributed by atoms with Crippen LogP contribution in [0, 0.1) is 17.8 Å². The summed E-state index contributed by atoms with van der Waals surface area (Å²) < 4.78 is 5.85. The molecule has 2 fully saturated rings. The summed E-state index contributed by atoms with van der Waals surface area (Å²) >= 11 is 0. The van der Waals surface area contributed by atoms with Crippen LogP contribution in [0.1, 0.15) is 48.5 Å². The summed E-state index contributed by atoms with van der Waals surface area (Å²) in [6.07, 6.45) is 5.38. The fraction of sp³-hybridized carbons (Fsp3) is 0.435. The molecule has 2 aromatic rings. The monoisotopic (exact) mass is 349 g/mol. The van der Waals surface area contributed by atoms with Crippen molar-refractivity contribution in [2.45, 2.75) is 45.3 Å². The maximum atomic E-state index is 12.9. The standard InChI is InChI=1S/C23H27NO2/c1-16(22-14-17-11-12-18(22)13-17)24-23(25)21-10-6-5-7-19(21)15-26-20-8-3-2-4-9-20/h2-10,16-18,22H,11-15H2,1H3,(H,24,25).